The number of primary amides is 1. The van der Waals surface area contributed by atoms with E-state index in [1.807, 2.05) is 5.32 Å². The molecule has 0 bridgehead atoms. The molecule has 0 aliphatic carbocycles. The SMILES string of the molecule is NC(=O)CC(NC(=O)C(CO)NC(=O)C(CCCN=C(N)N)NC(=O)C(N)Cc1ccc(O)cc1)C(=O)O. The summed E-state index contributed by atoms with van der Waals surface area (Å²) >= 11 is 0. The first-order valence-corrected chi connectivity index (χ1v) is 11.5. The summed E-state index contributed by atoms with van der Waals surface area (Å²) in [6.45, 7) is -0.797. The van der Waals surface area contributed by atoms with Crippen molar-refractivity contribution in [2.75, 3.05) is 13.2 Å². The highest BCUT2D eigenvalue weighted by Gasteiger charge is 2.30. The number of hydrogen-bond acceptors (Lipinski definition) is 9. The predicted octanol–water partition coefficient (Wildman–Crippen LogP) is -4.28. The summed E-state index contributed by atoms with van der Waals surface area (Å²) in [5.74, 6) is -5.34. The van der Waals surface area contributed by atoms with Crippen molar-refractivity contribution in [3.63, 3.8) is 0 Å². The third-order valence-electron chi connectivity index (χ3n) is 5.14. The number of benzene rings is 1. The van der Waals surface area contributed by atoms with E-state index < -0.39 is 66.8 Å². The number of hydrogen-bond donors (Lipinski definition) is 10. The number of guanidine groups is 1. The van der Waals surface area contributed by atoms with E-state index in [4.69, 9.17) is 28.0 Å². The van der Waals surface area contributed by atoms with Crippen molar-refractivity contribution < 1.29 is 39.3 Å². The van der Waals surface area contributed by atoms with Gasteiger partial charge >= 0.3 is 5.97 Å². The quantitative estimate of drug-likeness (QED) is 0.0545. The number of carbonyl (C=O) groups excluding carboxylic acids is 4. The van der Waals surface area contributed by atoms with Gasteiger partial charge in [0, 0.05) is 6.54 Å². The molecule has 0 aliphatic rings. The Morgan fingerprint density at radius 2 is 1.42 bits per heavy atom. The van der Waals surface area contributed by atoms with E-state index in [9.17, 15) is 34.2 Å². The second kappa shape index (κ2) is 15.6. The first kappa shape index (κ1) is 31.6. The third kappa shape index (κ3) is 11.5. The van der Waals surface area contributed by atoms with Crippen LogP contribution in [0.3, 0.4) is 0 Å². The third-order valence-corrected chi connectivity index (χ3v) is 5.14. The number of carbonyl (C=O) groups is 5. The van der Waals surface area contributed by atoms with Crippen LogP contribution in [0.25, 0.3) is 0 Å². The minimum Gasteiger partial charge on any atom is -0.508 e. The van der Waals surface area contributed by atoms with Crippen LogP contribution in [-0.2, 0) is 30.4 Å². The van der Waals surface area contributed by atoms with Crippen LogP contribution in [0.15, 0.2) is 29.3 Å². The van der Waals surface area contributed by atoms with Gasteiger partial charge in [-0.25, -0.2) is 4.79 Å². The molecule has 4 amide bonds. The Balaban J connectivity index is 2.93. The molecule has 0 fully saturated rings. The summed E-state index contributed by atoms with van der Waals surface area (Å²) < 4.78 is 0. The van der Waals surface area contributed by atoms with Crippen molar-refractivity contribution in [2.24, 2.45) is 27.9 Å². The molecule has 1 aromatic rings. The highest BCUT2D eigenvalue weighted by atomic mass is 16.4. The average Bonchev–Trinajstić information content (AvgIpc) is 2.84. The molecule has 4 atom stereocenters. The smallest absolute Gasteiger partial charge is 0.326 e. The second-order valence-electron chi connectivity index (χ2n) is 8.30. The molecule has 0 aromatic heterocycles. The number of carboxylic acids is 1. The number of nitrogens with one attached hydrogen (secondary N) is 3. The normalized spacial score (nSPS) is 13.7. The van der Waals surface area contributed by atoms with Crippen molar-refractivity contribution in [3.8, 4) is 5.75 Å². The Morgan fingerprint density at radius 3 is 1.95 bits per heavy atom. The number of aliphatic carboxylic acids is 1. The van der Waals surface area contributed by atoms with Crippen LogP contribution in [0.5, 0.6) is 5.75 Å². The lowest BCUT2D eigenvalue weighted by Gasteiger charge is -2.24. The van der Waals surface area contributed by atoms with E-state index in [-0.39, 0.29) is 37.5 Å². The zero-order valence-electron chi connectivity index (χ0n) is 20.5. The maximum Gasteiger partial charge on any atom is 0.326 e. The molecule has 14 N–H and O–H groups in total. The predicted molar refractivity (Wildman–Crippen MR) is 134 cm³/mol. The monoisotopic (exact) mass is 538 g/mol. The number of aliphatic hydroxyl groups excluding tert-OH is 1. The zero-order chi connectivity index (χ0) is 28.8. The van der Waals surface area contributed by atoms with Gasteiger partial charge in [-0.05, 0) is 37.0 Å². The van der Waals surface area contributed by atoms with Gasteiger partial charge in [0.05, 0.1) is 19.1 Å². The molecule has 0 saturated heterocycles. The molecule has 1 rings (SSSR count). The molecule has 38 heavy (non-hydrogen) atoms. The van der Waals surface area contributed by atoms with Gasteiger partial charge in [-0.1, -0.05) is 12.1 Å². The number of rotatable bonds is 16. The lowest BCUT2D eigenvalue weighted by atomic mass is 10.0. The minimum absolute atomic E-state index is 0.0134. The van der Waals surface area contributed by atoms with Crippen LogP contribution in [0.4, 0.5) is 0 Å². The van der Waals surface area contributed by atoms with Crippen molar-refractivity contribution in [1.82, 2.24) is 16.0 Å². The molecule has 0 heterocycles. The molecular formula is C22H34N8O8. The van der Waals surface area contributed by atoms with Gasteiger partial charge < -0.3 is 54.2 Å². The fraction of sp³-hybridized carbons (Fsp3) is 0.455. The molecule has 210 valence electrons. The van der Waals surface area contributed by atoms with Crippen LogP contribution in [0, 0.1) is 0 Å². The fourth-order valence-corrected chi connectivity index (χ4v) is 3.17. The number of nitrogens with two attached hydrogens (primary N) is 4. The maximum atomic E-state index is 12.9. The summed E-state index contributed by atoms with van der Waals surface area (Å²) in [4.78, 5) is 64.2. The van der Waals surface area contributed by atoms with E-state index >= 15 is 0 Å². The van der Waals surface area contributed by atoms with Crippen molar-refractivity contribution >= 4 is 35.6 Å². The summed E-state index contributed by atoms with van der Waals surface area (Å²) in [6.07, 6.45) is -0.374. The van der Waals surface area contributed by atoms with Gasteiger partial charge in [-0.2, -0.15) is 0 Å². The number of aliphatic imine (C=N–C) groups is 1. The summed E-state index contributed by atoms with van der Waals surface area (Å²) in [6, 6.07) is 0.416. The number of phenolic OH excluding ortho intramolecular Hbond substituents is 1. The van der Waals surface area contributed by atoms with Gasteiger partial charge in [-0.15, -0.1) is 0 Å². The largest absolute Gasteiger partial charge is 0.508 e. The zero-order valence-corrected chi connectivity index (χ0v) is 20.5. The Morgan fingerprint density at radius 1 is 0.868 bits per heavy atom. The summed E-state index contributed by atoms with van der Waals surface area (Å²) in [7, 11) is 0. The standard InChI is InChI=1S/C22H34N8O8/c23-13(8-11-3-5-12(32)6-4-11)18(34)28-14(2-1-7-27-22(25)26)19(35)30-16(10-31)20(36)29-15(21(37)38)9-17(24)33/h3-6,13-16,31-32H,1-2,7-10,23H2,(H2,24,33)(H,28,34)(H,29,36)(H,30,35)(H,37,38)(H4,25,26,27). The topological polar surface area (TPSA) is 299 Å². The van der Waals surface area contributed by atoms with Gasteiger partial charge in [0.25, 0.3) is 0 Å². The van der Waals surface area contributed by atoms with E-state index in [1.54, 1.807) is 12.1 Å². The Bertz CT molecular complexity index is 1010. The van der Waals surface area contributed by atoms with E-state index in [2.05, 4.69) is 15.6 Å². The van der Waals surface area contributed by atoms with Gasteiger partial charge in [-0.3, -0.25) is 24.2 Å². The van der Waals surface area contributed by atoms with Crippen LogP contribution >= 0.6 is 0 Å². The van der Waals surface area contributed by atoms with Gasteiger partial charge in [0.1, 0.15) is 23.9 Å². The van der Waals surface area contributed by atoms with Gasteiger partial charge in [0.2, 0.25) is 23.6 Å². The first-order chi connectivity index (χ1) is 17.8. The molecule has 16 heteroatoms. The van der Waals surface area contributed by atoms with E-state index in [1.165, 1.54) is 12.1 Å². The summed E-state index contributed by atoms with van der Waals surface area (Å²) in [5, 5.41) is 34.9. The molecule has 0 saturated carbocycles. The molecule has 16 nitrogen and oxygen atoms in total. The molecular weight excluding hydrogens is 504 g/mol. The number of carboxylic acid groups (broad SMARTS) is 1. The minimum atomic E-state index is -1.68. The first-order valence-electron chi connectivity index (χ1n) is 11.5. The fourth-order valence-electron chi connectivity index (χ4n) is 3.17. The van der Waals surface area contributed by atoms with E-state index in [0.717, 1.165) is 0 Å². The van der Waals surface area contributed by atoms with Crippen molar-refractivity contribution in [1.29, 1.82) is 0 Å². The van der Waals surface area contributed by atoms with Gasteiger partial charge in [0.15, 0.2) is 5.96 Å². The van der Waals surface area contributed by atoms with Crippen LogP contribution in [-0.4, -0.2) is 88.2 Å². The average molecular weight is 539 g/mol. The Hall–Kier alpha value is -4.44. The number of phenols is 1. The van der Waals surface area contributed by atoms with Crippen molar-refractivity contribution in [3.05, 3.63) is 29.8 Å². The van der Waals surface area contributed by atoms with Crippen LogP contribution < -0.4 is 38.9 Å². The van der Waals surface area contributed by atoms with Crippen LogP contribution in [0.2, 0.25) is 0 Å². The molecule has 1 aromatic carbocycles. The molecule has 0 aliphatic heterocycles. The molecule has 0 radical (unpaired) electrons. The van der Waals surface area contributed by atoms with E-state index in [0.29, 0.717) is 5.56 Å². The molecule has 4 unspecified atom stereocenters. The summed E-state index contributed by atoms with van der Waals surface area (Å²) in [5.41, 5.74) is 22.2. The number of aliphatic hydroxyl groups is 1. The Kier molecular flexibility index (Phi) is 13.0. The number of aromatic hydroxyl groups is 1. The maximum absolute atomic E-state index is 12.9. The highest BCUT2D eigenvalue weighted by molar-refractivity contribution is 5.95. The lowest BCUT2D eigenvalue weighted by Crippen LogP contribution is -2.58. The van der Waals surface area contributed by atoms with Crippen LogP contribution in [0.1, 0.15) is 24.8 Å². The van der Waals surface area contributed by atoms with Crippen molar-refractivity contribution in [2.45, 2.75) is 49.9 Å². The number of amides is 4. The number of nitrogens with zero attached hydrogens (tertiary/aromatic N) is 1. The second-order valence-corrected chi connectivity index (χ2v) is 8.30. The Labute approximate surface area is 217 Å². The highest BCUT2D eigenvalue weighted by Crippen LogP contribution is 2.11. The lowest BCUT2D eigenvalue weighted by molar-refractivity contribution is -0.144. The molecule has 0 spiro atoms.